The van der Waals surface area contributed by atoms with Crippen molar-refractivity contribution in [2.45, 2.75) is 17.7 Å². The zero-order valence-electron chi connectivity index (χ0n) is 8.63. The van der Waals surface area contributed by atoms with Crippen LogP contribution in [-0.4, -0.2) is 33.5 Å². The summed E-state index contributed by atoms with van der Waals surface area (Å²) in [4.78, 5) is 4.12. The van der Waals surface area contributed by atoms with Crippen LogP contribution in [0.1, 0.15) is 5.56 Å². The van der Waals surface area contributed by atoms with Crippen LogP contribution in [0.5, 0.6) is 0 Å². The Bertz CT molecular complexity index is 286. The molecule has 4 heteroatoms. The van der Waals surface area contributed by atoms with E-state index in [0.29, 0.717) is 5.25 Å². The van der Waals surface area contributed by atoms with Crippen LogP contribution in [0, 0.1) is 0 Å². The Labute approximate surface area is 99.4 Å². The highest BCUT2D eigenvalue weighted by Gasteiger charge is 2.21. The first kappa shape index (κ1) is 11.3. The lowest BCUT2D eigenvalue weighted by Crippen LogP contribution is -2.38. The fraction of sp³-hybridized carbons (Fsp3) is 0.545. The molecule has 0 aromatic carbocycles. The maximum atomic E-state index is 6.22. The van der Waals surface area contributed by atoms with Gasteiger partial charge in [0, 0.05) is 40.9 Å². The van der Waals surface area contributed by atoms with Gasteiger partial charge in [0.05, 0.1) is 0 Å². The van der Waals surface area contributed by atoms with Gasteiger partial charge in [-0.2, -0.15) is 23.5 Å². The first-order valence-electron chi connectivity index (χ1n) is 5.20. The third-order valence-electron chi connectivity index (χ3n) is 2.51. The molecule has 2 heterocycles. The summed E-state index contributed by atoms with van der Waals surface area (Å²) < 4.78 is 0. The summed E-state index contributed by atoms with van der Waals surface area (Å²) in [5.41, 5.74) is 7.47. The minimum absolute atomic E-state index is 0.270. The van der Waals surface area contributed by atoms with Gasteiger partial charge in [-0.15, -0.1) is 0 Å². The van der Waals surface area contributed by atoms with E-state index in [9.17, 15) is 0 Å². The summed E-state index contributed by atoms with van der Waals surface area (Å²) in [7, 11) is 0. The first-order valence-corrected chi connectivity index (χ1v) is 7.40. The van der Waals surface area contributed by atoms with Crippen molar-refractivity contribution in [3.05, 3.63) is 30.1 Å². The lowest BCUT2D eigenvalue weighted by molar-refractivity contribution is 0.662. The molecule has 0 saturated carbocycles. The zero-order chi connectivity index (χ0) is 10.5. The molecule has 1 aromatic heterocycles. The molecule has 0 amide bonds. The summed E-state index contributed by atoms with van der Waals surface area (Å²) in [6.07, 6.45) is 4.67. The van der Waals surface area contributed by atoms with Crippen LogP contribution >= 0.6 is 23.5 Å². The predicted octanol–water partition coefficient (Wildman–Crippen LogP) is 1.80. The summed E-state index contributed by atoms with van der Waals surface area (Å²) in [6.45, 7) is 0. The van der Waals surface area contributed by atoms with E-state index in [1.54, 1.807) is 6.20 Å². The molecule has 0 spiro atoms. The second-order valence-corrected chi connectivity index (χ2v) is 6.21. The van der Waals surface area contributed by atoms with Crippen molar-refractivity contribution in [3.63, 3.8) is 0 Å². The van der Waals surface area contributed by atoms with Crippen molar-refractivity contribution in [3.8, 4) is 0 Å². The predicted molar refractivity (Wildman–Crippen MR) is 69.5 cm³/mol. The minimum atomic E-state index is 0.270. The fourth-order valence-electron chi connectivity index (χ4n) is 1.68. The number of nitrogens with two attached hydrogens (primary N) is 1. The van der Waals surface area contributed by atoms with Crippen molar-refractivity contribution < 1.29 is 0 Å². The van der Waals surface area contributed by atoms with Crippen LogP contribution in [0.3, 0.4) is 0 Å². The average molecular weight is 240 g/mol. The van der Waals surface area contributed by atoms with Gasteiger partial charge in [-0.3, -0.25) is 4.98 Å². The van der Waals surface area contributed by atoms with Crippen molar-refractivity contribution in [1.29, 1.82) is 0 Å². The van der Waals surface area contributed by atoms with Crippen LogP contribution in [0.25, 0.3) is 0 Å². The molecule has 1 aliphatic heterocycles. The van der Waals surface area contributed by atoms with E-state index in [-0.39, 0.29) is 6.04 Å². The molecule has 15 heavy (non-hydrogen) atoms. The van der Waals surface area contributed by atoms with Gasteiger partial charge in [-0.25, -0.2) is 0 Å². The number of pyridine rings is 1. The second-order valence-electron chi connectivity index (χ2n) is 3.71. The first-order chi connectivity index (χ1) is 7.36. The molecular formula is C11H16N2S2. The summed E-state index contributed by atoms with van der Waals surface area (Å²) in [5.74, 6) is 3.73. The molecule has 82 valence electrons. The fourth-order valence-corrected chi connectivity index (χ4v) is 4.50. The molecule has 0 bridgehead atoms. The van der Waals surface area contributed by atoms with E-state index in [1.165, 1.54) is 22.8 Å². The molecule has 2 rings (SSSR count). The third-order valence-corrected chi connectivity index (χ3v) is 5.45. The largest absolute Gasteiger partial charge is 0.326 e. The quantitative estimate of drug-likeness (QED) is 0.874. The topological polar surface area (TPSA) is 38.9 Å². The average Bonchev–Trinajstić information content (AvgIpc) is 2.31. The van der Waals surface area contributed by atoms with Gasteiger partial charge in [-0.1, -0.05) is 6.07 Å². The van der Waals surface area contributed by atoms with Gasteiger partial charge in [0.1, 0.15) is 0 Å². The summed E-state index contributed by atoms with van der Waals surface area (Å²) >= 11 is 4.05. The Balaban J connectivity index is 1.88. The van der Waals surface area contributed by atoms with Crippen LogP contribution < -0.4 is 5.73 Å². The number of hydrogen-bond donors (Lipinski definition) is 1. The van der Waals surface area contributed by atoms with Gasteiger partial charge >= 0.3 is 0 Å². The molecular weight excluding hydrogens is 224 g/mol. The van der Waals surface area contributed by atoms with Crippen LogP contribution in [0.15, 0.2) is 24.5 Å². The number of nitrogens with zero attached hydrogens (tertiary/aromatic N) is 1. The molecule has 2 N–H and O–H groups in total. The molecule has 0 radical (unpaired) electrons. The Hall–Kier alpha value is -0.190. The Kier molecular flexibility index (Phi) is 4.35. The Morgan fingerprint density at radius 2 is 2.47 bits per heavy atom. The van der Waals surface area contributed by atoms with Gasteiger partial charge in [0.2, 0.25) is 0 Å². The molecule has 2 atom stereocenters. The van der Waals surface area contributed by atoms with Crippen molar-refractivity contribution in [2.24, 2.45) is 5.73 Å². The van der Waals surface area contributed by atoms with Crippen LogP contribution in [0.2, 0.25) is 0 Å². The Morgan fingerprint density at radius 3 is 3.13 bits per heavy atom. The molecule has 0 aliphatic carbocycles. The van der Waals surface area contributed by atoms with Crippen molar-refractivity contribution in [1.82, 2.24) is 4.98 Å². The van der Waals surface area contributed by atoms with E-state index in [1.807, 2.05) is 35.8 Å². The molecule has 2 unspecified atom stereocenters. The molecule has 1 aromatic rings. The van der Waals surface area contributed by atoms with Gasteiger partial charge in [0.25, 0.3) is 0 Å². The standard InChI is InChI=1S/C11H16N2S2/c12-10(11-8-14-4-5-15-11)6-9-2-1-3-13-7-9/h1-3,7,10-11H,4-6,8,12H2. The summed E-state index contributed by atoms with van der Waals surface area (Å²) in [5, 5.41) is 0.615. The lowest BCUT2D eigenvalue weighted by atomic mass is 10.1. The van der Waals surface area contributed by atoms with Gasteiger partial charge in [-0.05, 0) is 18.1 Å². The van der Waals surface area contributed by atoms with Crippen LogP contribution in [-0.2, 0) is 6.42 Å². The number of aromatic nitrogens is 1. The van der Waals surface area contributed by atoms with Gasteiger partial charge in [0.15, 0.2) is 0 Å². The number of rotatable bonds is 3. The van der Waals surface area contributed by atoms with Crippen molar-refractivity contribution in [2.75, 3.05) is 17.3 Å². The summed E-state index contributed by atoms with van der Waals surface area (Å²) in [6, 6.07) is 4.35. The van der Waals surface area contributed by atoms with E-state index in [4.69, 9.17) is 5.73 Å². The van der Waals surface area contributed by atoms with Crippen molar-refractivity contribution >= 4 is 23.5 Å². The van der Waals surface area contributed by atoms with Crippen LogP contribution in [0.4, 0.5) is 0 Å². The molecule has 1 saturated heterocycles. The van der Waals surface area contributed by atoms with Gasteiger partial charge < -0.3 is 5.73 Å². The second kappa shape index (κ2) is 5.77. The highest BCUT2D eigenvalue weighted by molar-refractivity contribution is 8.06. The SMILES string of the molecule is NC(Cc1cccnc1)C1CSCCS1. The smallest absolute Gasteiger partial charge is 0.0300 e. The number of thioether (sulfide) groups is 2. The van der Waals surface area contributed by atoms with E-state index < -0.39 is 0 Å². The molecule has 2 nitrogen and oxygen atoms in total. The van der Waals surface area contributed by atoms with E-state index in [2.05, 4.69) is 11.1 Å². The molecule has 1 fully saturated rings. The maximum absolute atomic E-state index is 6.22. The Morgan fingerprint density at radius 1 is 1.53 bits per heavy atom. The lowest BCUT2D eigenvalue weighted by Gasteiger charge is -2.26. The van der Waals surface area contributed by atoms with E-state index in [0.717, 1.165) is 6.42 Å². The number of hydrogen-bond acceptors (Lipinski definition) is 4. The monoisotopic (exact) mass is 240 g/mol. The maximum Gasteiger partial charge on any atom is 0.0300 e. The van der Waals surface area contributed by atoms with E-state index >= 15 is 0 Å². The zero-order valence-corrected chi connectivity index (χ0v) is 10.3. The normalized spacial score (nSPS) is 23.7. The minimum Gasteiger partial charge on any atom is -0.326 e. The highest BCUT2D eigenvalue weighted by Crippen LogP contribution is 2.26. The highest BCUT2D eigenvalue weighted by atomic mass is 32.2. The third kappa shape index (κ3) is 3.40. The molecule has 1 aliphatic rings.